The zero-order chi connectivity index (χ0) is 16.5. The second-order valence-corrected chi connectivity index (χ2v) is 5.73. The number of hydrogen-bond acceptors (Lipinski definition) is 8. The van der Waals surface area contributed by atoms with Gasteiger partial charge in [-0.05, 0) is 28.1 Å². The molecule has 0 amide bonds. The predicted molar refractivity (Wildman–Crippen MR) is 94.1 cm³/mol. The number of hydrogen-bond donors (Lipinski definition) is 2. The third-order valence-corrected chi connectivity index (χ3v) is 4.01. The van der Waals surface area contributed by atoms with Crippen LogP contribution < -0.4 is 14.8 Å². The van der Waals surface area contributed by atoms with Crippen molar-refractivity contribution in [2.75, 3.05) is 32.6 Å². The maximum Gasteiger partial charge on any atom is 0.209 e. The van der Waals surface area contributed by atoms with Crippen LogP contribution in [0.1, 0.15) is 5.56 Å². The van der Waals surface area contributed by atoms with E-state index in [-0.39, 0.29) is 25.6 Å². The van der Waals surface area contributed by atoms with E-state index < -0.39 is 0 Å². The number of methoxy groups -OCH3 is 1. The number of nitrogens with zero attached hydrogens (tertiary/aromatic N) is 4. The summed E-state index contributed by atoms with van der Waals surface area (Å²) in [4.78, 5) is 0. The van der Waals surface area contributed by atoms with Gasteiger partial charge >= 0.3 is 0 Å². The lowest BCUT2D eigenvalue weighted by molar-refractivity contribution is 0.196. The zero-order valence-electron chi connectivity index (χ0n) is 13.6. The Hall–Kier alpha value is -1.55. The molecule has 0 bridgehead atoms. The third-order valence-electron chi connectivity index (χ3n) is 3.00. The molecule has 1 aromatic carbocycles. The SMILES string of the molecule is COc1cc(CNCCSc2nnnn2C)ccc1OCCO.Cl. The topological polar surface area (TPSA) is 94.3 Å². The van der Waals surface area contributed by atoms with Crippen molar-refractivity contribution in [1.29, 1.82) is 0 Å². The molecule has 24 heavy (non-hydrogen) atoms. The number of benzene rings is 1. The van der Waals surface area contributed by atoms with E-state index in [2.05, 4.69) is 20.8 Å². The quantitative estimate of drug-likeness (QED) is 0.467. The van der Waals surface area contributed by atoms with Crippen LogP contribution in [0.5, 0.6) is 11.5 Å². The fourth-order valence-electron chi connectivity index (χ4n) is 1.89. The molecule has 2 N–H and O–H groups in total. The van der Waals surface area contributed by atoms with E-state index in [4.69, 9.17) is 14.6 Å². The molecule has 0 aliphatic carbocycles. The summed E-state index contributed by atoms with van der Waals surface area (Å²) in [6.07, 6.45) is 0. The first-order valence-corrected chi connectivity index (χ1v) is 8.19. The summed E-state index contributed by atoms with van der Waals surface area (Å²) in [7, 11) is 3.42. The highest BCUT2D eigenvalue weighted by Gasteiger charge is 2.06. The van der Waals surface area contributed by atoms with E-state index >= 15 is 0 Å². The largest absolute Gasteiger partial charge is 0.493 e. The number of halogens is 1. The van der Waals surface area contributed by atoms with Gasteiger partial charge in [0.2, 0.25) is 5.16 Å². The summed E-state index contributed by atoms with van der Waals surface area (Å²) in [5.74, 6) is 2.18. The van der Waals surface area contributed by atoms with Crippen LogP contribution in [0.3, 0.4) is 0 Å². The number of aromatic nitrogens is 4. The van der Waals surface area contributed by atoms with Gasteiger partial charge in [-0.15, -0.1) is 17.5 Å². The molecule has 2 rings (SSSR count). The monoisotopic (exact) mass is 375 g/mol. The van der Waals surface area contributed by atoms with Gasteiger partial charge in [-0.2, -0.15) is 0 Å². The minimum Gasteiger partial charge on any atom is -0.493 e. The van der Waals surface area contributed by atoms with E-state index in [1.165, 1.54) is 0 Å². The Morgan fingerprint density at radius 3 is 2.83 bits per heavy atom. The third kappa shape index (κ3) is 6.16. The molecule has 0 fully saturated rings. The number of thioether (sulfide) groups is 1. The molecule has 0 saturated heterocycles. The molecule has 1 heterocycles. The Labute approximate surface area is 151 Å². The fourth-order valence-corrected chi connectivity index (χ4v) is 2.63. The summed E-state index contributed by atoms with van der Waals surface area (Å²) in [6, 6.07) is 5.76. The molecular formula is C14H22ClN5O3S. The second kappa shape index (κ2) is 11.1. The van der Waals surface area contributed by atoms with Crippen molar-refractivity contribution >= 4 is 24.2 Å². The number of aliphatic hydroxyl groups is 1. The molecule has 2 aromatic rings. The molecule has 0 atom stereocenters. The average Bonchev–Trinajstić information content (AvgIpc) is 2.98. The number of aryl methyl sites for hydroxylation is 1. The van der Waals surface area contributed by atoms with Gasteiger partial charge in [-0.3, -0.25) is 0 Å². The predicted octanol–water partition coefficient (Wildman–Crippen LogP) is 0.893. The maximum atomic E-state index is 8.81. The molecule has 10 heteroatoms. The van der Waals surface area contributed by atoms with Gasteiger partial charge in [0.05, 0.1) is 13.7 Å². The summed E-state index contributed by atoms with van der Waals surface area (Å²) in [5, 5.41) is 24.3. The number of nitrogens with one attached hydrogen (secondary N) is 1. The van der Waals surface area contributed by atoms with Crippen LogP contribution in [0.15, 0.2) is 23.4 Å². The number of rotatable bonds is 10. The second-order valence-electron chi connectivity index (χ2n) is 4.67. The van der Waals surface area contributed by atoms with Crippen LogP contribution in [0.4, 0.5) is 0 Å². The Morgan fingerprint density at radius 1 is 1.33 bits per heavy atom. The average molecular weight is 376 g/mol. The van der Waals surface area contributed by atoms with Crippen molar-refractivity contribution < 1.29 is 14.6 Å². The maximum absolute atomic E-state index is 8.81. The van der Waals surface area contributed by atoms with Crippen molar-refractivity contribution in [3.63, 3.8) is 0 Å². The number of tetrazole rings is 1. The first-order chi connectivity index (χ1) is 11.2. The van der Waals surface area contributed by atoms with Crippen LogP contribution in [0, 0.1) is 0 Å². The highest BCUT2D eigenvalue weighted by Crippen LogP contribution is 2.27. The molecule has 0 aliphatic rings. The number of ether oxygens (including phenoxy) is 2. The van der Waals surface area contributed by atoms with Crippen molar-refractivity contribution in [2.24, 2.45) is 7.05 Å². The summed E-state index contributed by atoms with van der Waals surface area (Å²) in [6.45, 7) is 1.80. The van der Waals surface area contributed by atoms with Crippen LogP contribution in [0.25, 0.3) is 0 Å². The highest BCUT2D eigenvalue weighted by molar-refractivity contribution is 7.99. The van der Waals surface area contributed by atoms with Gasteiger partial charge in [-0.1, -0.05) is 17.8 Å². The summed E-state index contributed by atoms with van der Waals surface area (Å²) >= 11 is 1.60. The molecule has 1 aromatic heterocycles. The molecule has 0 spiro atoms. The normalized spacial score (nSPS) is 10.3. The van der Waals surface area contributed by atoms with Crippen molar-refractivity contribution in [3.05, 3.63) is 23.8 Å². The summed E-state index contributed by atoms with van der Waals surface area (Å²) < 4.78 is 12.4. The molecule has 0 saturated carbocycles. The van der Waals surface area contributed by atoms with Gasteiger partial charge in [-0.25, -0.2) is 4.68 Å². The van der Waals surface area contributed by atoms with Gasteiger partial charge in [0.25, 0.3) is 0 Å². The highest BCUT2D eigenvalue weighted by atomic mass is 35.5. The lowest BCUT2D eigenvalue weighted by atomic mass is 10.2. The molecule has 134 valence electrons. The Kier molecular flexibility index (Phi) is 9.46. The lowest BCUT2D eigenvalue weighted by Gasteiger charge is -2.12. The first-order valence-electron chi connectivity index (χ1n) is 7.21. The molecule has 0 aliphatic heterocycles. The van der Waals surface area contributed by atoms with E-state index in [1.54, 1.807) is 23.6 Å². The van der Waals surface area contributed by atoms with Gasteiger partial charge in [0, 0.05) is 25.9 Å². The molecule has 8 nitrogen and oxygen atoms in total. The van der Waals surface area contributed by atoms with Gasteiger partial charge in [0.1, 0.15) is 6.61 Å². The Bertz CT molecular complexity index is 614. The van der Waals surface area contributed by atoms with Crippen LogP contribution in [-0.4, -0.2) is 57.9 Å². The van der Waals surface area contributed by atoms with E-state index in [9.17, 15) is 0 Å². The van der Waals surface area contributed by atoms with E-state index in [0.29, 0.717) is 11.5 Å². The van der Waals surface area contributed by atoms with Crippen molar-refractivity contribution in [1.82, 2.24) is 25.5 Å². The van der Waals surface area contributed by atoms with E-state index in [0.717, 1.165) is 29.6 Å². The van der Waals surface area contributed by atoms with Crippen LogP contribution in [0.2, 0.25) is 0 Å². The van der Waals surface area contributed by atoms with Crippen molar-refractivity contribution in [3.8, 4) is 11.5 Å². The van der Waals surface area contributed by atoms with Crippen LogP contribution >= 0.6 is 24.2 Å². The first kappa shape index (κ1) is 20.5. The molecular weight excluding hydrogens is 354 g/mol. The Balaban J connectivity index is 0.00000288. The fraction of sp³-hybridized carbons (Fsp3) is 0.500. The van der Waals surface area contributed by atoms with Gasteiger partial charge in [0.15, 0.2) is 11.5 Å². The molecule has 0 radical (unpaired) electrons. The van der Waals surface area contributed by atoms with Crippen molar-refractivity contribution in [2.45, 2.75) is 11.7 Å². The van der Waals surface area contributed by atoms with E-state index in [1.807, 2.05) is 25.2 Å². The zero-order valence-corrected chi connectivity index (χ0v) is 15.3. The lowest BCUT2D eigenvalue weighted by Crippen LogP contribution is -2.17. The standard InChI is InChI=1S/C14H21N5O3S.ClH/c1-19-14(16-17-18-19)23-8-5-15-10-11-3-4-12(22-7-6-20)13(9-11)21-2;/h3-4,9,15,20H,5-8,10H2,1-2H3;1H. The summed E-state index contributed by atoms with van der Waals surface area (Å²) in [5.41, 5.74) is 1.10. The minimum atomic E-state index is -0.0227. The molecule has 0 unspecified atom stereocenters. The minimum absolute atomic E-state index is 0. The van der Waals surface area contributed by atoms with Gasteiger partial charge < -0.3 is 19.9 Å². The number of aliphatic hydroxyl groups excluding tert-OH is 1. The van der Waals surface area contributed by atoms with Crippen LogP contribution in [-0.2, 0) is 13.6 Å². The smallest absolute Gasteiger partial charge is 0.209 e. The Morgan fingerprint density at radius 2 is 2.17 bits per heavy atom.